The molecule has 0 aliphatic carbocycles. The zero-order valence-electron chi connectivity index (χ0n) is 6.25. The maximum atomic E-state index is 4.83. The fourth-order valence-corrected chi connectivity index (χ4v) is 0.467. The van der Waals surface area contributed by atoms with Gasteiger partial charge in [-0.15, -0.1) is 0 Å². The number of thiocarbonyl (C=S) groups is 1. The predicted molar refractivity (Wildman–Crippen MR) is 48.2 cm³/mol. The molecule has 1 nitrogen and oxygen atoms in total. The van der Waals surface area contributed by atoms with Gasteiger partial charge in [0.2, 0.25) is 0 Å². The number of hydrogen-bond acceptors (Lipinski definition) is 3. The van der Waals surface area contributed by atoms with Crippen LogP contribution in [0.5, 0.6) is 0 Å². The van der Waals surface area contributed by atoms with Crippen molar-refractivity contribution in [3.63, 3.8) is 0 Å². The van der Waals surface area contributed by atoms with Crippen LogP contribution < -0.4 is 29.6 Å². The molecule has 0 aliphatic heterocycles. The van der Waals surface area contributed by atoms with E-state index in [2.05, 4.69) is 31.8 Å². The first-order valence-corrected chi connectivity index (χ1v) is 3.42. The van der Waals surface area contributed by atoms with Crippen molar-refractivity contribution in [2.24, 2.45) is 0 Å². The molecule has 0 saturated carbocycles. The van der Waals surface area contributed by atoms with Crippen molar-refractivity contribution in [1.82, 2.24) is 0 Å². The van der Waals surface area contributed by atoms with Gasteiger partial charge in [-0.05, 0) is 6.42 Å². The van der Waals surface area contributed by atoms with Gasteiger partial charge in [0.05, 0.1) is 6.61 Å². The second kappa shape index (κ2) is 13.1. The van der Waals surface area contributed by atoms with Crippen LogP contribution in [-0.4, -0.2) is 11.0 Å². The minimum atomic E-state index is 0. The Balaban J connectivity index is -0.000000245. The molecule has 0 bridgehead atoms. The Bertz CT molecular complexity index is 79.3. The molecule has 0 amide bonds. The Morgan fingerprint density at radius 3 is 2.40 bits per heavy atom. The first-order valence-electron chi connectivity index (χ1n) is 2.61. The van der Waals surface area contributed by atoms with E-state index >= 15 is 0 Å². The van der Waals surface area contributed by atoms with Crippen LogP contribution in [0.25, 0.3) is 0 Å². The summed E-state index contributed by atoms with van der Waals surface area (Å²) in [4.78, 5) is 0. The molecule has 0 aliphatic rings. The molecule has 5 heteroatoms. The standard InChI is InChI=1S/C5H10OS2.Na.S/c1-2-3-4-6-5(7)8;;/h2-4H2,1H3,(H,7,8);;/q;+1;-2/p-1. The molecule has 0 aromatic rings. The van der Waals surface area contributed by atoms with E-state index in [4.69, 9.17) is 4.74 Å². The zero-order valence-corrected chi connectivity index (χ0v) is 10.7. The predicted octanol–water partition coefficient (Wildman–Crippen LogP) is -1.36. The van der Waals surface area contributed by atoms with Gasteiger partial charge in [0.15, 0.2) is 0 Å². The van der Waals surface area contributed by atoms with Gasteiger partial charge in [-0.25, -0.2) is 0 Å². The van der Waals surface area contributed by atoms with Crippen molar-refractivity contribution in [1.29, 1.82) is 0 Å². The molecule has 0 fully saturated rings. The molecular weight excluding hydrogens is 195 g/mol. The van der Waals surface area contributed by atoms with Crippen LogP contribution in [0.4, 0.5) is 0 Å². The van der Waals surface area contributed by atoms with Crippen LogP contribution in [0.1, 0.15) is 19.8 Å². The fourth-order valence-electron chi connectivity index (χ4n) is 0.300. The van der Waals surface area contributed by atoms with E-state index in [9.17, 15) is 0 Å². The normalized spacial score (nSPS) is 6.90. The van der Waals surface area contributed by atoms with Gasteiger partial charge in [0, 0.05) is 4.38 Å². The van der Waals surface area contributed by atoms with Gasteiger partial charge in [0.25, 0.3) is 0 Å². The van der Waals surface area contributed by atoms with E-state index in [-0.39, 0.29) is 47.4 Å². The van der Waals surface area contributed by atoms with Crippen LogP contribution >= 0.6 is 12.2 Å². The molecule has 0 spiro atoms. The quantitative estimate of drug-likeness (QED) is 0.243. The molecule has 0 aromatic heterocycles. The minimum Gasteiger partial charge on any atom is -2.00 e. The summed E-state index contributed by atoms with van der Waals surface area (Å²) < 4.78 is 5.06. The Hall–Kier alpha value is 1.46. The van der Waals surface area contributed by atoms with Crippen LogP contribution in [0.2, 0.25) is 0 Å². The van der Waals surface area contributed by atoms with E-state index in [1.165, 1.54) is 0 Å². The summed E-state index contributed by atoms with van der Waals surface area (Å²) in [5.74, 6) is 0. The summed E-state index contributed by atoms with van der Waals surface area (Å²) in [6.45, 7) is 2.77. The van der Waals surface area contributed by atoms with Crippen LogP contribution in [-0.2, 0) is 30.9 Å². The maximum Gasteiger partial charge on any atom is 1.00 e. The van der Waals surface area contributed by atoms with Crippen molar-refractivity contribution < 1.29 is 34.3 Å². The maximum absolute atomic E-state index is 4.83. The number of hydrogen-bond donors (Lipinski definition) is 0. The first-order chi connectivity index (χ1) is 3.77. The average Bonchev–Trinajstić information content (AvgIpc) is 1.66. The van der Waals surface area contributed by atoms with Gasteiger partial charge in [-0.1, -0.05) is 13.3 Å². The molecule has 0 radical (unpaired) electrons. The summed E-state index contributed by atoms with van der Waals surface area (Å²) in [6.07, 6.45) is 2.16. The number of unbranched alkanes of at least 4 members (excludes halogenated alkanes) is 1. The summed E-state index contributed by atoms with van der Waals surface area (Å²) in [5, 5.41) is 0. The summed E-state index contributed by atoms with van der Waals surface area (Å²) in [6, 6.07) is 0. The summed E-state index contributed by atoms with van der Waals surface area (Å²) >= 11 is 9.00. The van der Waals surface area contributed by atoms with Gasteiger partial charge in [-0.3, -0.25) is 0 Å². The summed E-state index contributed by atoms with van der Waals surface area (Å²) in [7, 11) is 0. The van der Waals surface area contributed by atoms with E-state index in [0.29, 0.717) is 6.61 Å². The van der Waals surface area contributed by atoms with Crippen molar-refractivity contribution in [2.75, 3.05) is 6.61 Å². The third-order valence-electron chi connectivity index (χ3n) is 0.718. The van der Waals surface area contributed by atoms with Crippen molar-refractivity contribution >= 4 is 42.7 Å². The molecule has 10 heavy (non-hydrogen) atoms. The van der Waals surface area contributed by atoms with Crippen molar-refractivity contribution in [3.8, 4) is 0 Å². The van der Waals surface area contributed by atoms with Crippen molar-refractivity contribution in [3.05, 3.63) is 0 Å². The van der Waals surface area contributed by atoms with Gasteiger partial charge >= 0.3 is 29.6 Å². The third kappa shape index (κ3) is 16.2. The molecule has 0 N–H and O–H groups in total. The van der Waals surface area contributed by atoms with E-state index in [0.717, 1.165) is 12.8 Å². The molecule has 0 rings (SSSR count). The van der Waals surface area contributed by atoms with E-state index in [1.54, 1.807) is 0 Å². The fraction of sp³-hybridized carbons (Fsp3) is 0.800. The van der Waals surface area contributed by atoms with E-state index in [1.807, 2.05) is 0 Å². The largest absolute Gasteiger partial charge is 2.00 e. The molecule has 0 aromatic carbocycles. The van der Waals surface area contributed by atoms with Crippen molar-refractivity contribution in [2.45, 2.75) is 19.8 Å². The van der Waals surface area contributed by atoms with Crippen LogP contribution in [0.3, 0.4) is 0 Å². The second-order valence-electron chi connectivity index (χ2n) is 1.45. The monoisotopic (exact) mass is 204 g/mol. The SMILES string of the molecule is CCCCOC(=S)[S-].[Na+].[S-2]. The second-order valence-corrected chi connectivity index (χ2v) is 2.45. The third-order valence-corrected chi connectivity index (χ3v) is 0.954. The van der Waals surface area contributed by atoms with E-state index < -0.39 is 0 Å². The van der Waals surface area contributed by atoms with Gasteiger partial charge in [0.1, 0.15) is 0 Å². The minimum absolute atomic E-state index is 0. The Morgan fingerprint density at radius 2 is 2.10 bits per heavy atom. The van der Waals surface area contributed by atoms with Crippen LogP contribution in [0, 0.1) is 0 Å². The first kappa shape index (κ1) is 17.5. The summed E-state index contributed by atoms with van der Waals surface area (Å²) in [5.41, 5.74) is 0. The smallest absolute Gasteiger partial charge is 1.00 e. The number of rotatable bonds is 3. The molecule has 0 atom stereocenters. The molecule has 0 heterocycles. The Kier molecular flexibility index (Phi) is 22.9. The molecular formula is C5H9NaOS3-2. The molecule has 0 unspecified atom stereocenters. The Labute approximate surface area is 102 Å². The Morgan fingerprint density at radius 1 is 1.60 bits per heavy atom. The van der Waals surface area contributed by atoms with Gasteiger partial charge < -0.3 is 43.1 Å². The van der Waals surface area contributed by atoms with Crippen LogP contribution in [0.15, 0.2) is 0 Å². The molecule has 56 valence electrons. The molecule has 0 saturated heterocycles. The van der Waals surface area contributed by atoms with Gasteiger partial charge in [-0.2, -0.15) is 0 Å². The topological polar surface area (TPSA) is 9.23 Å². The average molecular weight is 204 g/mol. The number of ether oxygens (including phenoxy) is 1. The zero-order chi connectivity index (χ0) is 6.41.